The van der Waals surface area contributed by atoms with Crippen molar-refractivity contribution in [3.63, 3.8) is 0 Å². The van der Waals surface area contributed by atoms with Gasteiger partial charge in [-0.2, -0.15) is 0 Å². The third-order valence-corrected chi connectivity index (χ3v) is 2.13. The molecule has 0 amide bonds. The lowest BCUT2D eigenvalue weighted by molar-refractivity contribution is 0.0697. The molecule has 12 heavy (non-hydrogen) atoms. The summed E-state index contributed by atoms with van der Waals surface area (Å²) in [6.07, 6.45) is 0. The molecule has 0 bridgehead atoms. The number of hydrogen-bond donors (Lipinski definition) is 1. The van der Waals surface area contributed by atoms with Gasteiger partial charge in [-0.3, -0.25) is 0 Å². The number of aromatic carboxylic acids is 1. The molecule has 0 saturated carbocycles. The molecule has 1 rings (SSSR count). The van der Waals surface area contributed by atoms with E-state index >= 15 is 0 Å². The van der Waals surface area contributed by atoms with E-state index in [-0.39, 0.29) is 5.56 Å². The Bertz CT molecular complexity index is 332. The first-order valence-corrected chi connectivity index (χ1v) is 3.90. The average molecular weight is 185 g/mol. The maximum Gasteiger partial charge on any atom is 0.337 e. The van der Waals surface area contributed by atoms with E-state index in [1.807, 2.05) is 13.0 Å². The van der Waals surface area contributed by atoms with Gasteiger partial charge in [-0.1, -0.05) is 17.7 Å². The SMILES string of the molecule is Cc1cc(C)c(Cl)c(C(=O)O)c1. The van der Waals surface area contributed by atoms with Crippen LogP contribution in [0.25, 0.3) is 0 Å². The number of benzene rings is 1. The maximum atomic E-state index is 10.6. The molecule has 0 fully saturated rings. The van der Waals surface area contributed by atoms with E-state index in [1.165, 1.54) is 0 Å². The van der Waals surface area contributed by atoms with Crippen molar-refractivity contribution in [1.82, 2.24) is 0 Å². The Kier molecular flexibility index (Phi) is 2.38. The van der Waals surface area contributed by atoms with E-state index in [4.69, 9.17) is 16.7 Å². The fraction of sp³-hybridized carbons (Fsp3) is 0.222. The van der Waals surface area contributed by atoms with Gasteiger partial charge in [0.1, 0.15) is 0 Å². The molecule has 1 aromatic rings. The number of carboxylic acids is 1. The molecule has 0 radical (unpaired) electrons. The lowest BCUT2D eigenvalue weighted by atomic mass is 10.1. The van der Waals surface area contributed by atoms with Gasteiger partial charge in [-0.25, -0.2) is 4.79 Å². The monoisotopic (exact) mass is 184 g/mol. The summed E-state index contributed by atoms with van der Waals surface area (Å²) in [5.74, 6) is -0.980. The van der Waals surface area contributed by atoms with Crippen molar-refractivity contribution in [3.05, 3.63) is 33.8 Å². The lowest BCUT2D eigenvalue weighted by Crippen LogP contribution is -1.99. The molecule has 0 aliphatic rings. The highest BCUT2D eigenvalue weighted by Gasteiger charge is 2.10. The minimum atomic E-state index is -0.980. The van der Waals surface area contributed by atoms with Crippen LogP contribution in [0.15, 0.2) is 12.1 Å². The zero-order valence-corrected chi connectivity index (χ0v) is 7.64. The Morgan fingerprint density at radius 3 is 2.50 bits per heavy atom. The van der Waals surface area contributed by atoms with Gasteiger partial charge in [0.2, 0.25) is 0 Å². The van der Waals surface area contributed by atoms with Gasteiger partial charge in [0.05, 0.1) is 10.6 Å². The van der Waals surface area contributed by atoms with Crippen LogP contribution in [0.1, 0.15) is 21.5 Å². The first-order valence-electron chi connectivity index (χ1n) is 3.52. The van der Waals surface area contributed by atoms with Gasteiger partial charge in [-0.05, 0) is 31.0 Å². The summed E-state index contributed by atoms with van der Waals surface area (Å²) < 4.78 is 0. The standard InChI is InChI=1S/C9H9ClO2/c1-5-3-6(2)8(10)7(4-5)9(11)12/h3-4H,1-2H3,(H,11,12). The first-order chi connectivity index (χ1) is 5.52. The highest BCUT2D eigenvalue weighted by Crippen LogP contribution is 2.22. The number of carbonyl (C=O) groups is 1. The van der Waals surface area contributed by atoms with Crippen LogP contribution < -0.4 is 0 Å². The molecule has 0 atom stereocenters. The number of halogens is 1. The Morgan fingerprint density at radius 2 is 2.00 bits per heavy atom. The van der Waals surface area contributed by atoms with Crippen LogP contribution in [0, 0.1) is 13.8 Å². The molecule has 64 valence electrons. The van der Waals surface area contributed by atoms with Crippen LogP contribution in [0.5, 0.6) is 0 Å². The van der Waals surface area contributed by atoms with Crippen LogP contribution in [-0.4, -0.2) is 11.1 Å². The molecule has 3 heteroatoms. The topological polar surface area (TPSA) is 37.3 Å². The van der Waals surface area contributed by atoms with Crippen molar-refractivity contribution in [2.45, 2.75) is 13.8 Å². The van der Waals surface area contributed by atoms with Crippen LogP contribution in [0.3, 0.4) is 0 Å². The molecule has 0 saturated heterocycles. The second-order valence-electron chi connectivity index (χ2n) is 2.75. The quantitative estimate of drug-likeness (QED) is 0.729. The number of aryl methyl sites for hydroxylation is 2. The fourth-order valence-electron chi connectivity index (χ4n) is 1.11. The van der Waals surface area contributed by atoms with Crippen molar-refractivity contribution in [3.8, 4) is 0 Å². The summed E-state index contributed by atoms with van der Waals surface area (Å²) >= 11 is 5.78. The predicted molar refractivity (Wildman–Crippen MR) is 47.9 cm³/mol. The summed E-state index contributed by atoms with van der Waals surface area (Å²) in [5.41, 5.74) is 1.89. The molecule has 0 aliphatic heterocycles. The molecular weight excluding hydrogens is 176 g/mol. The summed E-state index contributed by atoms with van der Waals surface area (Å²) in [6.45, 7) is 3.64. The number of hydrogen-bond acceptors (Lipinski definition) is 1. The smallest absolute Gasteiger partial charge is 0.337 e. The fourth-order valence-corrected chi connectivity index (χ4v) is 1.30. The molecule has 0 spiro atoms. The third-order valence-electron chi connectivity index (χ3n) is 1.63. The van der Waals surface area contributed by atoms with Gasteiger partial charge in [0.25, 0.3) is 0 Å². The largest absolute Gasteiger partial charge is 0.478 e. The Morgan fingerprint density at radius 1 is 1.42 bits per heavy atom. The maximum absolute atomic E-state index is 10.6. The van der Waals surface area contributed by atoms with E-state index in [2.05, 4.69) is 0 Å². The molecule has 0 aromatic heterocycles. The molecule has 0 aliphatic carbocycles. The van der Waals surface area contributed by atoms with Crippen LogP contribution in [-0.2, 0) is 0 Å². The van der Waals surface area contributed by atoms with Gasteiger partial charge >= 0.3 is 5.97 Å². The van der Waals surface area contributed by atoms with Gasteiger partial charge < -0.3 is 5.11 Å². The molecule has 1 aromatic carbocycles. The molecule has 1 N–H and O–H groups in total. The van der Waals surface area contributed by atoms with E-state index in [1.54, 1.807) is 13.0 Å². The Labute approximate surface area is 75.8 Å². The minimum Gasteiger partial charge on any atom is -0.478 e. The zero-order valence-electron chi connectivity index (χ0n) is 6.89. The summed E-state index contributed by atoms with van der Waals surface area (Å²) in [7, 11) is 0. The van der Waals surface area contributed by atoms with Crippen molar-refractivity contribution in [2.24, 2.45) is 0 Å². The van der Waals surface area contributed by atoms with E-state index < -0.39 is 5.97 Å². The average Bonchev–Trinajstić information content (AvgIpc) is 1.96. The second-order valence-corrected chi connectivity index (χ2v) is 3.13. The van der Waals surface area contributed by atoms with Crippen molar-refractivity contribution < 1.29 is 9.90 Å². The van der Waals surface area contributed by atoms with Crippen molar-refractivity contribution in [1.29, 1.82) is 0 Å². The highest BCUT2D eigenvalue weighted by atomic mass is 35.5. The number of rotatable bonds is 1. The number of carboxylic acid groups (broad SMARTS) is 1. The van der Waals surface area contributed by atoms with E-state index in [9.17, 15) is 4.79 Å². The normalized spacial score (nSPS) is 9.92. The summed E-state index contributed by atoms with van der Waals surface area (Å²) in [6, 6.07) is 3.42. The first kappa shape index (κ1) is 9.07. The second kappa shape index (κ2) is 3.15. The Balaban J connectivity index is 3.37. The molecule has 0 heterocycles. The van der Waals surface area contributed by atoms with Crippen molar-refractivity contribution >= 4 is 17.6 Å². The van der Waals surface area contributed by atoms with Crippen LogP contribution >= 0.6 is 11.6 Å². The molecular formula is C9H9ClO2. The van der Waals surface area contributed by atoms with Gasteiger partial charge in [0, 0.05) is 0 Å². The summed E-state index contributed by atoms with van der Waals surface area (Å²) in [4.78, 5) is 10.6. The minimum absolute atomic E-state index is 0.175. The lowest BCUT2D eigenvalue weighted by Gasteiger charge is -2.03. The van der Waals surface area contributed by atoms with E-state index in [0.29, 0.717) is 5.02 Å². The molecule has 0 unspecified atom stereocenters. The van der Waals surface area contributed by atoms with Gasteiger partial charge in [0.15, 0.2) is 0 Å². The third kappa shape index (κ3) is 1.59. The van der Waals surface area contributed by atoms with E-state index in [0.717, 1.165) is 11.1 Å². The highest BCUT2D eigenvalue weighted by molar-refractivity contribution is 6.34. The zero-order chi connectivity index (χ0) is 9.30. The molecule has 2 nitrogen and oxygen atoms in total. The Hall–Kier alpha value is -1.02. The predicted octanol–water partition coefficient (Wildman–Crippen LogP) is 2.66. The van der Waals surface area contributed by atoms with Crippen LogP contribution in [0.2, 0.25) is 5.02 Å². The summed E-state index contributed by atoms with van der Waals surface area (Å²) in [5, 5.41) is 9.06. The van der Waals surface area contributed by atoms with Crippen LogP contribution in [0.4, 0.5) is 0 Å². The van der Waals surface area contributed by atoms with Crippen molar-refractivity contribution in [2.75, 3.05) is 0 Å². The van der Waals surface area contributed by atoms with Gasteiger partial charge in [-0.15, -0.1) is 0 Å².